The largest absolute Gasteiger partial charge is 0.0895 e. The van der Waals surface area contributed by atoms with Crippen LogP contribution < -0.4 is 0 Å². The van der Waals surface area contributed by atoms with Gasteiger partial charge in [0.05, 0.1) is 10.0 Å². The molecule has 0 aliphatic carbocycles. The molecule has 1 aliphatic rings. The Bertz CT molecular complexity index is 917. The first kappa shape index (κ1) is 16.1. The molecule has 4 rings (SSSR count). The zero-order valence-electron chi connectivity index (χ0n) is 13.2. The highest BCUT2D eigenvalue weighted by atomic mass is 35.5. The number of halogens is 2. The molecule has 1 aliphatic heterocycles. The lowest BCUT2D eigenvalue weighted by Gasteiger charge is -2.21. The summed E-state index contributed by atoms with van der Waals surface area (Å²) < 4.78 is 0. The van der Waals surface area contributed by atoms with E-state index in [1.54, 1.807) is 0 Å². The van der Waals surface area contributed by atoms with Crippen molar-refractivity contribution >= 4 is 35.0 Å². The highest BCUT2D eigenvalue weighted by Crippen LogP contribution is 2.41. The maximum Gasteiger partial charge on any atom is 0.0595 e. The van der Waals surface area contributed by atoms with Crippen LogP contribution in [0.2, 0.25) is 10.0 Å². The van der Waals surface area contributed by atoms with E-state index in [4.69, 9.17) is 23.2 Å². The lowest BCUT2D eigenvalue weighted by atomic mass is 9.91. The molecule has 0 bridgehead atoms. The van der Waals surface area contributed by atoms with Gasteiger partial charge in [-0.1, -0.05) is 78.3 Å². The summed E-state index contributed by atoms with van der Waals surface area (Å²) >= 11 is 14.1. The number of hydrogen-bond donors (Lipinski definition) is 0. The van der Waals surface area contributed by atoms with Crippen LogP contribution in [0.1, 0.15) is 35.1 Å². The molecular formula is C21H16Cl2S. The molecule has 0 spiro atoms. The van der Waals surface area contributed by atoms with Crippen LogP contribution in [0.25, 0.3) is 0 Å². The van der Waals surface area contributed by atoms with E-state index in [0.717, 1.165) is 6.42 Å². The standard InChI is InChI=1S/C21H16Cl2S/c1-13(15-6-8-18(22)19(23)12-15)14-7-9-21-17(10-14)11-16-4-2-3-5-20(16)24-21/h2-10,12-13H,11H2,1H3. The molecule has 1 unspecified atom stereocenters. The fourth-order valence-corrected chi connectivity index (χ4v) is 4.51. The molecule has 3 aromatic carbocycles. The van der Waals surface area contributed by atoms with Gasteiger partial charge in [-0.15, -0.1) is 0 Å². The number of benzene rings is 3. The summed E-state index contributed by atoms with van der Waals surface area (Å²) in [7, 11) is 0. The van der Waals surface area contributed by atoms with Gasteiger partial charge in [0.2, 0.25) is 0 Å². The van der Waals surface area contributed by atoms with Crippen LogP contribution in [0.4, 0.5) is 0 Å². The summed E-state index contributed by atoms with van der Waals surface area (Å²) in [6, 6.07) is 21.4. The molecule has 0 saturated carbocycles. The number of fused-ring (bicyclic) bond motifs is 2. The molecule has 1 heterocycles. The molecule has 0 N–H and O–H groups in total. The van der Waals surface area contributed by atoms with E-state index in [9.17, 15) is 0 Å². The van der Waals surface area contributed by atoms with Gasteiger partial charge in [-0.25, -0.2) is 0 Å². The molecule has 0 fully saturated rings. The second kappa shape index (κ2) is 6.48. The SMILES string of the molecule is CC(c1ccc(Cl)c(Cl)c1)c1ccc2c(c1)Cc1ccccc1S2. The predicted molar refractivity (Wildman–Crippen MR) is 104 cm³/mol. The maximum absolute atomic E-state index is 6.18. The van der Waals surface area contributed by atoms with E-state index in [-0.39, 0.29) is 5.92 Å². The summed E-state index contributed by atoms with van der Waals surface area (Å²) in [5, 5.41) is 1.22. The van der Waals surface area contributed by atoms with E-state index < -0.39 is 0 Å². The average molecular weight is 371 g/mol. The van der Waals surface area contributed by atoms with E-state index in [1.807, 2.05) is 23.9 Å². The average Bonchev–Trinajstić information content (AvgIpc) is 2.61. The summed E-state index contributed by atoms with van der Waals surface area (Å²) in [5.74, 6) is 0.284. The summed E-state index contributed by atoms with van der Waals surface area (Å²) in [6.45, 7) is 2.21. The van der Waals surface area contributed by atoms with Crippen LogP contribution in [0.3, 0.4) is 0 Å². The van der Waals surface area contributed by atoms with Gasteiger partial charge in [0.25, 0.3) is 0 Å². The van der Waals surface area contributed by atoms with Gasteiger partial charge in [-0.2, -0.15) is 0 Å². The Kier molecular flexibility index (Phi) is 4.34. The molecule has 3 aromatic rings. The Labute approximate surface area is 156 Å². The highest BCUT2D eigenvalue weighted by molar-refractivity contribution is 7.99. The zero-order chi connectivity index (χ0) is 16.7. The van der Waals surface area contributed by atoms with Crippen LogP contribution >= 0.6 is 35.0 Å². The van der Waals surface area contributed by atoms with E-state index in [2.05, 4.69) is 55.5 Å². The third-order valence-electron chi connectivity index (χ3n) is 4.60. The maximum atomic E-state index is 6.18. The Morgan fingerprint density at radius 2 is 1.50 bits per heavy atom. The molecule has 0 nitrogen and oxygen atoms in total. The molecule has 120 valence electrons. The topological polar surface area (TPSA) is 0 Å². The molecule has 0 radical (unpaired) electrons. The Balaban J connectivity index is 1.67. The zero-order valence-corrected chi connectivity index (χ0v) is 15.6. The quantitative estimate of drug-likeness (QED) is 0.359. The van der Waals surface area contributed by atoms with Gasteiger partial charge < -0.3 is 0 Å². The summed E-state index contributed by atoms with van der Waals surface area (Å²) in [6.07, 6.45) is 1.00. The van der Waals surface area contributed by atoms with Crippen molar-refractivity contribution in [2.75, 3.05) is 0 Å². The fraction of sp³-hybridized carbons (Fsp3) is 0.143. The van der Waals surface area contributed by atoms with Crippen molar-refractivity contribution in [3.63, 3.8) is 0 Å². The van der Waals surface area contributed by atoms with Crippen LogP contribution in [0, 0.1) is 0 Å². The van der Waals surface area contributed by atoms with Crippen LogP contribution in [-0.2, 0) is 6.42 Å². The normalized spacial score (nSPS) is 14.0. The third kappa shape index (κ3) is 2.97. The second-order valence-corrected chi connectivity index (χ2v) is 8.05. The van der Waals surface area contributed by atoms with Gasteiger partial charge in [-0.3, -0.25) is 0 Å². The van der Waals surface area contributed by atoms with Crippen molar-refractivity contribution in [3.05, 3.63) is 93.0 Å². The minimum atomic E-state index is 0.284. The van der Waals surface area contributed by atoms with Crippen molar-refractivity contribution in [2.24, 2.45) is 0 Å². The monoisotopic (exact) mass is 370 g/mol. The second-order valence-electron chi connectivity index (χ2n) is 6.15. The van der Waals surface area contributed by atoms with Crippen LogP contribution in [0.15, 0.2) is 70.5 Å². The number of rotatable bonds is 2. The van der Waals surface area contributed by atoms with E-state index in [1.165, 1.54) is 32.0 Å². The first-order chi connectivity index (χ1) is 11.6. The van der Waals surface area contributed by atoms with E-state index in [0.29, 0.717) is 10.0 Å². The summed E-state index contributed by atoms with van der Waals surface area (Å²) in [4.78, 5) is 2.73. The van der Waals surface area contributed by atoms with Gasteiger partial charge in [-0.05, 0) is 52.9 Å². The Morgan fingerprint density at radius 3 is 2.33 bits per heavy atom. The first-order valence-electron chi connectivity index (χ1n) is 7.95. The first-order valence-corrected chi connectivity index (χ1v) is 9.52. The minimum absolute atomic E-state index is 0.284. The Morgan fingerprint density at radius 1 is 0.792 bits per heavy atom. The molecule has 3 heteroatoms. The molecule has 1 atom stereocenters. The van der Waals surface area contributed by atoms with Crippen LogP contribution in [0.5, 0.6) is 0 Å². The summed E-state index contributed by atoms with van der Waals surface area (Å²) in [5.41, 5.74) is 5.32. The van der Waals surface area contributed by atoms with Crippen molar-refractivity contribution in [3.8, 4) is 0 Å². The smallest absolute Gasteiger partial charge is 0.0595 e. The van der Waals surface area contributed by atoms with Gasteiger partial charge >= 0.3 is 0 Å². The lowest BCUT2D eigenvalue weighted by molar-refractivity contribution is 0.909. The fourth-order valence-electron chi connectivity index (χ4n) is 3.15. The highest BCUT2D eigenvalue weighted by Gasteiger charge is 2.18. The molecule has 24 heavy (non-hydrogen) atoms. The number of hydrogen-bond acceptors (Lipinski definition) is 1. The van der Waals surface area contributed by atoms with Gasteiger partial charge in [0, 0.05) is 15.7 Å². The molecule has 0 aromatic heterocycles. The minimum Gasteiger partial charge on any atom is -0.0895 e. The van der Waals surface area contributed by atoms with Crippen molar-refractivity contribution in [1.29, 1.82) is 0 Å². The lowest BCUT2D eigenvalue weighted by Crippen LogP contribution is -2.03. The third-order valence-corrected chi connectivity index (χ3v) is 6.58. The van der Waals surface area contributed by atoms with Crippen molar-refractivity contribution < 1.29 is 0 Å². The van der Waals surface area contributed by atoms with E-state index >= 15 is 0 Å². The van der Waals surface area contributed by atoms with Crippen molar-refractivity contribution in [1.82, 2.24) is 0 Å². The molecular weight excluding hydrogens is 355 g/mol. The van der Waals surface area contributed by atoms with Crippen LogP contribution in [-0.4, -0.2) is 0 Å². The van der Waals surface area contributed by atoms with Crippen molar-refractivity contribution in [2.45, 2.75) is 29.1 Å². The predicted octanol–water partition coefficient (Wildman–Crippen LogP) is 7.20. The van der Waals surface area contributed by atoms with Gasteiger partial charge in [0.1, 0.15) is 0 Å². The van der Waals surface area contributed by atoms with Gasteiger partial charge in [0.15, 0.2) is 0 Å². The molecule has 0 saturated heterocycles. The Hall–Kier alpha value is -1.41. The molecule has 0 amide bonds.